The molecule has 0 saturated carbocycles. The molecule has 0 fully saturated rings. The van der Waals surface area contributed by atoms with Crippen molar-refractivity contribution in [3.8, 4) is 39.1 Å². The topological polar surface area (TPSA) is 17.3 Å². The standard InChI is InChI=1S/C53H48N2S2/c1-5-11-44-45-13-7-9-15-49(45)55(48(44)12-6-2)41-28-25-39(26-29-41)43-31-30-42(38-21-17-35(3)18-22-38)52(54-4)53(43)56-34-36-19-23-37(24-20-36)40-27-32-51-47(33-40)46-14-8-10-16-50(46)57-51/h5-6,8,11-12,14,17-33H,4,7,9-10,13,15-16,34H2,1-3H3/b11-5-,12-6-. The normalized spacial score (nSPS) is 13.8. The summed E-state index contributed by atoms with van der Waals surface area (Å²) in [5.41, 5.74) is 18.9. The molecule has 0 unspecified atom stereocenters. The fourth-order valence-electron chi connectivity index (χ4n) is 8.75. The van der Waals surface area contributed by atoms with E-state index in [1.165, 1.54) is 95.0 Å². The molecule has 282 valence electrons. The van der Waals surface area contributed by atoms with Gasteiger partial charge in [0.15, 0.2) is 0 Å². The number of nitrogens with zero attached hydrogens (tertiary/aromatic N) is 2. The van der Waals surface area contributed by atoms with E-state index < -0.39 is 0 Å². The van der Waals surface area contributed by atoms with Crippen LogP contribution in [0.2, 0.25) is 0 Å². The van der Waals surface area contributed by atoms with Crippen molar-refractivity contribution in [2.24, 2.45) is 4.99 Å². The summed E-state index contributed by atoms with van der Waals surface area (Å²) in [6, 6.07) is 38.6. The van der Waals surface area contributed by atoms with Gasteiger partial charge in [-0.2, -0.15) is 0 Å². The fraction of sp³-hybridized carbons (Fsp3) is 0.189. The van der Waals surface area contributed by atoms with Crippen LogP contribution in [-0.4, -0.2) is 11.3 Å². The van der Waals surface area contributed by atoms with Crippen LogP contribution in [0.4, 0.5) is 5.69 Å². The van der Waals surface area contributed by atoms with Gasteiger partial charge in [0.2, 0.25) is 0 Å². The summed E-state index contributed by atoms with van der Waals surface area (Å²) in [6.07, 6.45) is 20.6. The van der Waals surface area contributed by atoms with E-state index in [9.17, 15) is 0 Å². The molecule has 9 rings (SSSR count). The molecule has 0 saturated heterocycles. The Bertz CT molecular complexity index is 2700. The summed E-state index contributed by atoms with van der Waals surface area (Å²) < 4.78 is 3.89. The molecule has 0 amide bonds. The molecule has 5 aromatic carbocycles. The number of aliphatic imine (C=N–C) groups is 1. The lowest BCUT2D eigenvalue weighted by molar-refractivity contribution is 0.662. The molecule has 4 heteroatoms. The number of benzene rings is 5. The molecular weight excluding hydrogens is 729 g/mol. The number of aromatic nitrogens is 1. The van der Waals surface area contributed by atoms with Crippen LogP contribution in [0.5, 0.6) is 0 Å². The number of aryl methyl sites for hydroxylation is 2. The highest BCUT2D eigenvalue weighted by atomic mass is 32.2. The minimum atomic E-state index is 0.822. The Balaban J connectivity index is 1.06. The van der Waals surface area contributed by atoms with E-state index in [0.717, 1.165) is 53.1 Å². The first kappa shape index (κ1) is 37.2. The minimum absolute atomic E-state index is 0.822. The molecule has 2 aromatic heterocycles. The lowest BCUT2D eigenvalue weighted by Gasteiger charge is -2.19. The van der Waals surface area contributed by atoms with Gasteiger partial charge in [-0.3, -0.25) is 4.99 Å². The van der Waals surface area contributed by atoms with Crippen LogP contribution < -0.4 is 0 Å². The van der Waals surface area contributed by atoms with Crippen molar-refractivity contribution in [3.63, 3.8) is 0 Å². The second-order valence-corrected chi connectivity index (χ2v) is 17.4. The van der Waals surface area contributed by atoms with Gasteiger partial charge in [0.25, 0.3) is 0 Å². The van der Waals surface area contributed by atoms with Gasteiger partial charge in [-0.1, -0.05) is 115 Å². The van der Waals surface area contributed by atoms with E-state index in [2.05, 4.69) is 172 Å². The number of thiophene rings is 1. The average Bonchev–Trinajstić information content (AvgIpc) is 3.78. The van der Waals surface area contributed by atoms with Crippen molar-refractivity contribution in [2.75, 3.05) is 0 Å². The van der Waals surface area contributed by atoms with Crippen molar-refractivity contribution in [2.45, 2.75) is 69.9 Å². The van der Waals surface area contributed by atoms with Crippen molar-refractivity contribution < 1.29 is 0 Å². The maximum Gasteiger partial charge on any atom is 0.0842 e. The van der Waals surface area contributed by atoms with Crippen LogP contribution in [0.25, 0.3) is 67.4 Å². The Kier molecular flexibility index (Phi) is 10.6. The summed E-state index contributed by atoms with van der Waals surface area (Å²) in [5, 5.41) is 1.38. The summed E-state index contributed by atoms with van der Waals surface area (Å²) in [5.74, 6) is 0.822. The Morgan fingerprint density at radius 2 is 1.46 bits per heavy atom. The third-order valence-electron chi connectivity index (χ3n) is 11.6. The zero-order valence-electron chi connectivity index (χ0n) is 33.1. The molecule has 2 nitrogen and oxygen atoms in total. The highest BCUT2D eigenvalue weighted by Crippen LogP contribution is 2.46. The number of fused-ring (bicyclic) bond motifs is 4. The largest absolute Gasteiger partial charge is 0.313 e. The van der Waals surface area contributed by atoms with Crippen LogP contribution >= 0.6 is 23.1 Å². The van der Waals surface area contributed by atoms with Gasteiger partial charge >= 0.3 is 0 Å². The predicted octanol–water partition coefficient (Wildman–Crippen LogP) is 15.5. The van der Waals surface area contributed by atoms with Crippen LogP contribution in [0.3, 0.4) is 0 Å². The molecule has 7 aromatic rings. The van der Waals surface area contributed by atoms with E-state index >= 15 is 0 Å². The molecule has 0 N–H and O–H groups in total. The number of hydrogen-bond donors (Lipinski definition) is 0. The Morgan fingerprint density at radius 1 is 0.754 bits per heavy atom. The van der Waals surface area contributed by atoms with E-state index in [1.807, 2.05) is 23.1 Å². The number of rotatable bonds is 10. The van der Waals surface area contributed by atoms with Crippen LogP contribution in [0.1, 0.15) is 77.2 Å². The average molecular weight is 777 g/mol. The van der Waals surface area contributed by atoms with Gasteiger partial charge in [-0.25, -0.2) is 0 Å². The van der Waals surface area contributed by atoms with E-state index in [-0.39, 0.29) is 0 Å². The lowest BCUT2D eigenvalue weighted by Crippen LogP contribution is -2.07. The lowest BCUT2D eigenvalue weighted by atomic mass is 9.94. The van der Waals surface area contributed by atoms with Gasteiger partial charge < -0.3 is 4.57 Å². The molecule has 57 heavy (non-hydrogen) atoms. The van der Waals surface area contributed by atoms with Crippen molar-refractivity contribution >= 4 is 63.8 Å². The van der Waals surface area contributed by atoms with E-state index in [0.29, 0.717) is 0 Å². The Hall–Kier alpha value is -5.42. The SMILES string of the molecule is C=Nc1c(-c2ccc(C)cc2)ccc(-c2ccc(-n3c(/C=C\C)c(/C=C\C)c4c3CCCC4)cc2)c1SCc1ccc(-c2ccc3sc4c(c3c2)C=CCC4)cc1. The van der Waals surface area contributed by atoms with Gasteiger partial charge in [-0.15, -0.1) is 23.1 Å². The third kappa shape index (κ3) is 7.11. The molecular formula is C53H48N2S2. The Labute approximate surface area is 346 Å². The molecule has 2 heterocycles. The zero-order valence-corrected chi connectivity index (χ0v) is 34.8. The molecule has 0 spiro atoms. The number of allylic oxidation sites excluding steroid dienone is 3. The summed E-state index contributed by atoms with van der Waals surface area (Å²) in [4.78, 5) is 7.42. The second-order valence-electron chi connectivity index (χ2n) is 15.3. The second kappa shape index (κ2) is 16.2. The summed E-state index contributed by atoms with van der Waals surface area (Å²) in [7, 11) is 0. The monoisotopic (exact) mass is 776 g/mol. The maximum absolute atomic E-state index is 4.75. The Morgan fingerprint density at radius 3 is 2.23 bits per heavy atom. The number of hydrogen-bond acceptors (Lipinski definition) is 3. The van der Waals surface area contributed by atoms with Crippen molar-refractivity contribution in [1.29, 1.82) is 0 Å². The first-order valence-corrected chi connectivity index (χ1v) is 22.1. The third-order valence-corrected chi connectivity index (χ3v) is 14.0. The molecule has 0 radical (unpaired) electrons. The first-order chi connectivity index (χ1) is 28.0. The van der Waals surface area contributed by atoms with E-state index in [4.69, 9.17) is 4.99 Å². The van der Waals surface area contributed by atoms with Crippen LogP contribution in [-0.2, 0) is 25.0 Å². The molecule has 0 bridgehead atoms. The maximum atomic E-state index is 4.75. The van der Waals surface area contributed by atoms with Gasteiger partial charge in [0.1, 0.15) is 0 Å². The first-order valence-electron chi connectivity index (χ1n) is 20.3. The van der Waals surface area contributed by atoms with Crippen molar-refractivity contribution in [3.05, 3.63) is 165 Å². The molecule has 0 atom stereocenters. The van der Waals surface area contributed by atoms with Crippen LogP contribution in [0, 0.1) is 6.92 Å². The van der Waals surface area contributed by atoms with Crippen molar-refractivity contribution in [1.82, 2.24) is 4.57 Å². The van der Waals surface area contributed by atoms with Crippen LogP contribution in [0.15, 0.2) is 131 Å². The minimum Gasteiger partial charge on any atom is -0.313 e. The zero-order chi connectivity index (χ0) is 38.9. The van der Waals surface area contributed by atoms with Gasteiger partial charge in [0.05, 0.1) is 11.4 Å². The molecule has 0 aliphatic heterocycles. The quantitative estimate of drug-likeness (QED) is 0.0999. The van der Waals surface area contributed by atoms with E-state index in [1.54, 1.807) is 0 Å². The summed E-state index contributed by atoms with van der Waals surface area (Å²) in [6.45, 7) is 10.5. The fourth-order valence-corrected chi connectivity index (χ4v) is 11.1. The highest BCUT2D eigenvalue weighted by molar-refractivity contribution is 7.98. The smallest absolute Gasteiger partial charge is 0.0842 e. The number of thioether (sulfide) groups is 1. The predicted molar refractivity (Wildman–Crippen MR) is 251 cm³/mol. The van der Waals surface area contributed by atoms with Gasteiger partial charge in [0, 0.05) is 48.1 Å². The highest BCUT2D eigenvalue weighted by Gasteiger charge is 2.24. The summed E-state index contributed by atoms with van der Waals surface area (Å²) >= 11 is 3.80. The molecule has 2 aliphatic carbocycles. The van der Waals surface area contributed by atoms with Gasteiger partial charge in [-0.05, 0) is 141 Å². The molecule has 2 aliphatic rings.